The maximum Gasteiger partial charge on any atom is 0.307 e. The van der Waals surface area contributed by atoms with E-state index < -0.39 is 11.8 Å². The zero-order valence-corrected chi connectivity index (χ0v) is 8.40. The smallest absolute Gasteiger partial charge is 0.307 e. The fraction of sp³-hybridized carbons (Fsp3) is 0.0833. The number of aromatic nitrogens is 1. The second kappa shape index (κ2) is 4.18. The molecule has 0 bridgehead atoms. The van der Waals surface area contributed by atoms with Gasteiger partial charge in [-0.2, -0.15) is 0 Å². The molecule has 2 rings (SSSR count). The Labute approximate surface area is 91.5 Å². The fourth-order valence-electron chi connectivity index (χ4n) is 1.59. The maximum atomic E-state index is 13.3. The van der Waals surface area contributed by atoms with Crippen LogP contribution < -0.4 is 0 Å². The Bertz CT molecular complexity index is 506. The van der Waals surface area contributed by atoms with Gasteiger partial charge in [-0.15, -0.1) is 0 Å². The molecule has 4 heteroatoms. The van der Waals surface area contributed by atoms with Crippen molar-refractivity contribution in [2.75, 3.05) is 0 Å². The van der Waals surface area contributed by atoms with E-state index in [0.717, 1.165) is 5.69 Å². The van der Waals surface area contributed by atoms with Gasteiger partial charge in [0.15, 0.2) is 0 Å². The first-order valence-corrected chi connectivity index (χ1v) is 4.80. The number of hydrogen-bond acceptors (Lipinski definition) is 1. The minimum absolute atomic E-state index is 0.175. The van der Waals surface area contributed by atoms with E-state index in [1.807, 2.05) is 0 Å². The maximum absolute atomic E-state index is 13.3. The minimum atomic E-state index is -0.969. The predicted molar refractivity (Wildman–Crippen MR) is 57.5 cm³/mol. The molecule has 16 heavy (non-hydrogen) atoms. The summed E-state index contributed by atoms with van der Waals surface area (Å²) in [5, 5.41) is 8.65. The van der Waals surface area contributed by atoms with Crippen molar-refractivity contribution in [2.45, 2.75) is 6.42 Å². The Morgan fingerprint density at radius 1 is 1.38 bits per heavy atom. The third-order valence-electron chi connectivity index (χ3n) is 2.22. The van der Waals surface area contributed by atoms with Crippen molar-refractivity contribution in [3.05, 3.63) is 47.9 Å². The van der Waals surface area contributed by atoms with Gasteiger partial charge in [0.25, 0.3) is 0 Å². The van der Waals surface area contributed by atoms with E-state index in [9.17, 15) is 9.18 Å². The van der Waals surface area contributed by atoms with Crippen molar-refractivity contribution >= 4 is 5.97 Å². The lowest BCUT2D eigenvalue weighted by molar-refractivity contribution is -0.136. The topological polar surface area (TPSA) is 53.1 Å². The van der Waals surface area contributed by atoms with Crippen LogP contribution in [0.5, 0.6) is 0 Å². The summed E-state index contributed by atoms with van der Waals surface area (Å²) in [7, 11) is 0. The van der Waals surface area contributed by atoms with Gasteiger partial charge in [-0.3, -0.25) is 4.79 Å². The fourth-order valence-corrected chi connectivity index (χ4v) is 1.59. The van der Waals surface area contributed by atoms with Crippen molar-refractivity contribution in [3.63, 3.8) is 0 Å². The zero-order chi connectivity index (χ0) is 11.5. The van der Waals surface area contributed by atoms with Gasteiger partial charge in [0.1, 0.15) is 5.82 Å². The summed E-state index contributed by atoms with van der Waals surface area (Å²) in [6, 6.07) is 7.89. The first-order valence-electron chi connectivity index (χ1n) is 4.80. The molecule has 0 fully saturated rings. The lowest BCUT2D eigenvalue weighted by atomic mass is 10.1. The van der Waals surface area contributed by atoms with Crippen LogP contribution in [0, 0.1) is 5.82 Å². The monoisotopic (exact) mass is 219 g/mol. The zero-order valence-electron chi connectivity index (χ0n) is 8.40. The van der Waals surface area contributed by atoms with E-state index in [1.165, 1.54) is 12.1 Å². The quantitative estimate of drug-likeness (QED) is 0.833. The van der Waals surface area contributed by atoms with Gasteiger partial charge >= 0.3 is 5.97 Å². The number of rotatable bonds is 3. The molecular formula is C12H10FNO2. The van der Waals surface area contributed by atoms with Crippen LogP contribution in [0.15, 0.2) is 36.5 Å². The number of carboxylic acid groups (broad SMARTS) is 1. The first kappa shape index (κ1) is 10.4. The normalized spacial score (nSPS) is 10.3. The molecule has 0 aliphatic carbocycles. The summed E-state index contributed by atoms with van der Waals surface area (Å²) < 4.78 is 13.3. The summed E-state index contributed by atoms with van der Waals surface area (Å²) in [5.41, 5.74) is 1.88. The summed E-state index contributed by atoms with van der Waals surface area (Å²) >= 11 is 0. The number of hydrogen-bond donors (Lipinski definition) is 2. The molecule has 2 aromatic rings. The highest BCUT2D eigenvalue weighted by atomic mass is 19.1. The van der Waals surface area contributed by atoms with Gasteiger partial charge in [-0.25, -0.2) is 4.39 Å². The van der Waals surface area contributed by atoms with E-state index in [1.54, 1.807) is 24.4 Å². The van der Waals surface area contributed by atoms with Crippen molar-refractivity contribution in [3.8, 4) is 11.3 Å². The second-order valence-electron chi connectivity index (χ2n) is 3.50. The molecule has 0 saturated carbocycles. The largest absolute Gasteiger partial charge is 0.481 e. The van der Waals surface area contributed by atoms with Gasteiger partial charge in [-0.1, -0.05) is 0 Å². The van der Waals surface area contributed by atoms with E-state index in [4.69, 9.17) is 5.11 Å². The van der Waals surface area contributed by atoms with Gasteiger partial charge < -0.3 is 10.1 Å². The number of carbonyl (C=O) groups is 1. The van der Waals surface area contributed by atoms with Crippen molar-refractivity contribution in [1.82, 2.24) is 4.98 Å². The van der Waals surface area contributed by atoms with Crippen LogP contribution in [0.2, 0.25) is 0 Å². The number of halogens is 1. The molecule has 0 atom stereocenters. The first-order chi connectivity index (χ1) is 7.65. The minimum Gasteiger partial charge on any atom is -0.481 e. The van der Waals surface area contributed by atoms with Crippen molar-refractivity contribution < 1.29 is 14.3 Å². The number of nitrogens with one attached hydrogen (secondary N) is 1. The molecular weight excluding hydrogens is 209 g/mol. The number of aromatic amines is 1. The molecule has 0 saturated heterocycles. The molecule has 82 valence electrons. The number of benzene rings is 1. The Kier molecular flexibility index (Phi) is 2.72. The Balaban J connectivity index is 2.40. The highest BCUT2D eigenvalue weighted by Gasteiger charge is 2.06. The number of carboxylic acids is 1. The highest BCUT2D eigenvalue weighted by molar-refractivity contribution is 5.71. The molecule has 0 spiro atoms. The molecule has 2 N–H and O–H groups in total. The van der Waals surface area contributed by atoms with Crippen LogP contribution in [0.1, 0.15) is 5.56 Å². The Morgan fingerprint density at radius 2 is 2.19 bits per heavy atom. The molecule has 0 unspecified atom stereocenters. The average Bonchev–Trinajstić information content (AvgIpc) is 2.67. The van der Waals surface area contributed by atoms with Crippen LogP contribution in [-0.4, -0.2) is 16.1 Å². The summed E-state index contributed by atoms with van der Waals surface area (Å²) in [6.45, 7) is 0. The van der Waals surface area contributed by atoms with Gasteiger partial charge in [-0.05, 0) is 35.9 Å². The Hall–Kier alpha value is -2.10. The van der Waals surface area contributed by atoms with Crippen LogP contribution >= 0.6 is 0 Å². The molecule has 1 heterocycles. The molecule has 1 aromatic heterocycles. The molecule has 0 amide bonds. The molecule has 0 radical (unpaired) electrons. The van der Waals surface area contributed by atoms with Crippen LogP contribution in [0.4, 0.5) is 4.39 Å². The van der Waals surface area contributed by atoms with E-state index in [-0.39, 0.29) is 6.42 Å². The highest BCUT2D eigenvalue weighted by Crippen LogP contribution is 2.20. The van der Waals surface area contributed by atoms with Crippen LogP contribution in [0.3, 0.4) is 0 Å². The predicted octanol–water partition coefficient (Wildman–Crippen LogP) is 2.45. The summed E-state index contributed by atoms with van der Waals surface area (Å²) in [6.07, 6.45) is 1.56. The Morgan fingerprint density at radius 3 is 2.81 bits per heavy atom. The molecule has 1 aromatic carbocycles. The van der Waals surface area contributed by atoms with Crippen LogP contribution in [-0.2, 0) is 11.2 Å². The lowest BCUT2D eigenvalue weighted by Crippen LogP contribution is -2.00. The third kappa shape index (κ3) is 2.28. The van der Waals surface area contributed by atoms with Gasteiger partial charge in [0.2, 0.25) is 0 Å². The number of aliphatic carboxylic acids is 1. The summed E-state index contributed by atoms with van der Waals surface area (Å²) in [5.74, 6) is -1.40. The summed E-state index contributed by atoms with van der Waals surface area (Å²) in [4.78, 5) is 13.5. The SMILES string of the molecule is O=C(O)Cc1cc(F)cc(-c2ccc[nH]2)c1. The average molecular weight is 219 g/mol. The number of H-pyrrole nitrogens is 1. The van der Waals surface area contributed by atoms with Crippen molar-refractivity contribution in [2.24, 2.45) is 0 Å². The van der Waals surface area contributed by atoms with Crippen LogP contribution in [0.25, 0.3) is 11.3 Å². The van der Waals surface area contributed by atoms with Gasteiger partial charge in [0.05, 0.1) is 6.42 Å². The third-order valence-corrected chi connectivity index (χ3v) is 2.22. The molecule has 0 aliphatic rings. The molecule has 3 nitrogen and oxygen atoms in total. The standard InChI is InChI=1S/C12H10FNO2/c13-10-5-8(6-12(15)16)4-9(7-10)11-2-1-3-14-11/h1-5,7,14H,6H2,(H,15,16). The molecule has 0 aliphatic heterocycles. The second-order valence-corrected chi connectivity index (χ2v) is 3.50. The van der Waals surface area contributed by atoms with Gasteiger partial charge in [0, 0.05) is 17.5 Å². The van der Waals surface area contributed by atoms with Crippen molar-refractivity contribution in [1.29, 1.82) is 0 Å². The van der Waals surface area contributed by atoms with E-state index in [0.29, 0.717) is 11.1 Å². The lowest BCUT2D eigenvalue weighted by Gasteiger charge is -2.03. The van der Waals surface area contributed by atoms with E-state index >= 15 is 0 Å². The van der Waals surface area contributed by atoms with E-state index in [2.05, 4.69) is 4.98 Å².